The van der Waals surface area contributed by atoms with Gasteiger partial charge < -0.3 is 4.74 Å². The van der Waals surface area contributed by atoms with Gasteiger partial charge in [0, 0.05) is 17.5 Å². The smallest absolute Gasteiger partial charge is 0.431 e. The molecule has 0 spiro atoms. The highest BCUT2D eigenvalue weighted by atomic mass is 16.7. The zero-order chi connectivity index (χ0) is 15.0. The van der Waals surface area contributed by atoms with E-state index in [0.29, 0.717) is 5.56 Å². The molecule has 0 saturated carbocycles. The summed E-state index contributed by atoms with van der Waals surface area (Å²) in [6, 6.07) is 6.34. The molecule has 1 aromatic carbocycles. The number of hydrogen-bond donors (Lipinski definition) is 1. The van der Waals surface area contributed by atoms with Crippen LogP contribution >= 0.6 is 0 Å². The third-order valence-corrected chi connectivity index (χ3v) is 2.49. The SMILES string of the molecule is C=CCONC(=O)OCC(C)c1ccccc1[N+](=O)[O-]. The number of hydroxylamine groups is 1. The molecule has 0 aromatic heterocycles. The Kier molecular flexibility index (Phi) is 6.18. The van der Waals surface area contributed by atoms with Crippen molar-refractivity contribution in [1.82, 2.24) is 5.48 Å². The van der Waals surface area contributed by atoms with Crippen molar-refractivity contribution < 1.29 is 19.3 Å². The second kappa shape index (κ2) is 7.90. The lowest BCUT2D eigenvalue weighted by atomic mass is 10.0. The van der Waals surface area contributed by atoms with Crippen LogP contribution in [0.3, 0.4) is 0 Å². The molecule has 0 aliphatic carbocycles. The topological polar surface area (TPSA) is 90.7 Å². The monoisotopic (exact) mass is 280 g/mol. The average molecular weight is 280 g/mol. The van der Waals surface area contributed by atoms with Crippen LogP contribution in [-0.4, -0.2) is 24.2 Å². The molecule has 20 heavy (non-hydrogen) atoms. The summed E-state index contributed by atoms with van der Waals surface area (Å²) in [6.45, 7) is 5.32. The Morgan fingerprint density at radius 3 is 2.90 bits per heavy atom. The number of amides is 1. The molecule has 1 N–H and O–H groups in total. The summed E-state index contributed by atoms with van der Waals surface area (Å²) in [6.07, 6.45) is 0.716. The molecule has 0 radical (unpaired) electrons. The molecule has 0 saturated heterocycles. The van der Waals surface area contributed by atoms with E-state index in [0.717, 1.165) is 0 Å². The number of carbonyl (C=O) groups excluding carboxylic acids is 1. The van der Waals surface area contributed by atoms with Crippen molar-refractivity contribution in [3.05, 3.63) is 52.6 Å². The zero-order valence-electron chi connectivity index (χ0n) is 11.1. The van der Waals surface area contributed by atoms with Gasteiger partial charge in [0.05, 0.1) is 11.5 Å². The van der Waals surface area contributed by atoms with E-state index in [9.17, 15) is 14.9 Å². The van der Waals surface area contributed by atoms with Crippen LogP contribution in [0.25, 0.3) is 0 Å². The summed E-state index contributed by atoms with van der Waals surface area (Å²) in [5, 5.41) is 10.9. The number of nitro groups is 1. The molecule has 0 heterocycles. The van der Waals surface area contributed by atoms with Crippen LogP contribution in [0.4, 0.5) is 10.5 Å². The van der Waals surface area contributed by atoms with Crippen LogP contribution in [-0.2, 0) is 9.57 Å². The zero-order valence-corrected chi connectivity index (χ0v) is 11.1. The molecule has 7 nitrogen and oxygen atoms in total. The van der Waals surface area contributed by atoms with Crippen LogP contribution in [0, 0.1) is 10.1 Å². The second-order valence-electron chi connectivity index (χ2n) is 4.02. The molecule has 0 aliphatic rings. The predicted octanol–water partition coefficient (Wildman–Crippen LogP) is 2.54. The summed E-state index contributed by atoms with van der Waals surface area (Å²) >= 11 is 0. The van der Waals surface area contributed by atoms with Gasteiger partial charge in [-0.3, -0.25) is 15.0 Å². The molecule has 1 atom stereocenters. The van der Waals surface area contributed by atoms with E-state index in [1.54, 1.807) is 25.1 Å². The lowest BCUT2D eigenvalue weighted by molar-refractivity contribution is -0.385. The Hall–Kier alpha value is -2.41. The minimum absolute atomic E-state index is 0.00640. The Labute approximate surface area is 116 Å². The van der Waals surface area contributed by atoms with Crippen molar-refractivity contribution >= 4 is 11.8 Å². The average Bonchev–Trinajstić information content (AvgIpc) is 2.45. The van der Waals surface area contributed by atoms with Crippen molar-refractivity contribution in [2.24, 2.45) is 0 Å². The number of nitrogens with one attached hydrogen (secondary N) is 1. The van der Waals surface area contributed by atoms with E-state index in [-0.39, 0.29) is 24.8 Å². The maximum absolute atomic E-state index is 11.2. The first kappa shape index (κ1) is 15.6. The Morgan fingerprint density at radius 2 is 2.25 bits per heavy atom. The van der Waals surface area contributed by atoms with Crippen LogP contribution in [0.15, 0.2) is 36.9 Å². The lowest BCUT2D eigenvalue weighted by Gasteiger charge is -2.12. The van der Waals surface area contributed by atoms with Crippen molar-refractivity contribution in [3.8, 4) is 0 Å². The Bertz CT molecular complexity index is 489. The summed E-state index contributed by atoms with van der Waals surface area (Å²) in [7, 11) is 0. The second-order valence-corrected chi connectivity index (χ2v) is 4.02. The summed E-state index contributed by atoms with van der Waals surface area (Å²) in [4.78, 5) is 26.4. The summed E-state index contributed by atoms with van der Waals surface area (Å²) in [5.74, 6) is -0.304. The highest BCUT2D eigenvalue weighted by molar-refractivity contribution is 5.65. The van der Waals surface area contributed by atoms with Gasteiger partial charge in [-0.2, -0.15) is 5.48 Å². The fraction of sp³-hybridized carbons (Fsp3) is 0.308. The molecular formula is C13H16N2O5. The highest BCUT2D eigenvalue weighted by Gasteiger charge is 2.19. The van der Waals surface area contributed by atoms with Gasteiger partial charge >= 0.3 is 6.09 Å². The van der Waals surface area contributed by atoms with Gasteiger partial charge in [0.2, 0.25) is 0 Å². The van der Waals surface area contributed by atoms with Crippen LogP contribution in [0.2, 0.25) is 0 Å². The number of hydrogen-bond acceptors (Lipinski definition) is 5. The van der Waals surface area contributed by atoms with Gasteiger partial charge in [-0.15, -0.1) is 6.58 Å². The maximum atomic E-state index is 11.2. The fourth-order valence-electron chi connectivity index (χ4n) is 1.55. The predicted molar refractivity (Wildman–Crippen MR) is 72.1 cm³/mol. The molecular weight excluding hydrogens is 264 g/mol. The van der Waals surface area contributed by atoms with E-state index in [4.69, 9.17) is 9.57 Å². The third kappa shape index (κ3) is 4.69. The minimum Gasteiger partial charge on any atom is -0.447 e. The molecule has 1 rings (SSSR count). The largest absolute Gasteiger partial charge is 0.447 e. The quantitative estimate of drug-likeness (QED) is 0.358. The molecule has 7 heteroatoms. The third-order valence-electron chi connectivity index (χ3n) is 2.49. The lowest BCUT2D eigenvalue weighted by Crippen LogP contribution is -2.26. The molecule has 1 unspecified atom stereocenters. The van der Waals surface area contributed by atoms with Gasteiger partial charge in [0.15, 0.2) is 0 Å². The van der Waals surface area contributed by atoms with Gasteiger partial charge in [-0.25, -0.2) is 4.79 Å². The van der Waals surface area contributed by atoms with Crippen molar-refractivity contribution in [1.29, 1.82) is 0 Å². The van der Waals surface area contributed by atoms with Crippen molar-refractivity contribution in [2.75, 3.05) is 13.2 Å². The molecule has 1 amide bonds. The number of ether oxygens (including phenoxy) is 1. The maximum Gasteiger partial charge on any atom is 0.431 e. The first-order valence-electron chi connectivity index (χ1n) is 5.95. The molecule has 0 fully saturated rings. The number of para-hydroxylation sites is 1. The van der Waals surface area contributed by atoms with Gasteiger partial charge in [0.25, 0.3) is 5.69 Å². The molecule has 108 valence electrons. The van der Waals surface area contributed by atoms with Crippen LogP contribution in [0.1, 0.15) is 18.4 Å². The summed E-state index contributed by atoms with van der Waals surface area (Å²) in [5.41, 5.74) is 2.58. The number of rotatable bonds is 7. The normalized spacial score (nSPS) is 11.4. The molecule has 0 bridgehead atoms. The highest BCUT2D eigenvalue weighted by Crippen LogP contribution is 2.26. The van der Waals surface area contributed by atoms with Crippen LogP contribution in [0.5, 0.6) is 0 Å². The Morgan fingerprint density at radius 1 is 1.55 bits per heavy atom. The van der Waals surface area contributed by atoms with Gasteiger partial charge in [0.1, 0.15) is 6.61 Å². The first-order valence-corrected chi connectivity index (χ1v) is 5.95. The van der Waals surface area contributed by atoms with E-state index < -0.39 is 11.0 Å². The summed E-state index contributed by atoms with van der Waals surface area (Å²) < 4.78 is 4.91. The first-order chi connectivity index (χ1) is 9.56. The number of nitro benzene ring substituents is 1. The van der Waals surface area contributed by atoms with Gasteiger partial charge in [-0.1, -0.05) is 31.2 Å². The number of nitrogens with zero attached hydrogens (tertiary/aromatic N) is 1. The minimum atomic E-state index is -0.753. The van der Waals surface area contributed by atoms with Crippen molar-refractivity contribution in [2.45, 2.75) is 12.8 Å². The van der Waals surface area contributed by atoms with E-state index in [2.05, 4.69) is 12.1 Å². The fourth-order valence-corrected chi connectivity index (χ4v) is 1.55. The van der Waals surface area contributed by atoms with Crippen molar-refractivity contribution in [3.63, 3.8) is 0 Å². The van der Waals surface area contributed by atoms with E-state index >= 15 is 0 Å². The number of carbonyl (C=O) groups is 1. The Balaban J connectivity index is 2.55. The van der Waals surface area contributed by atoms with E-state index in [1.807, 2.05) is 0 Å². The van der Waals surface area contributed by atoms with Gasteiger partial charge in [-0.05, 0) is 0 Å². The van der Waals surface area contributed by atoms with Crippen LogP contribution < -0.4 is 5.48 Å². The molecule has 1 aromatic rings. The number of benzene rings is 1. The van der Waals surface area contributed by atoms with E-state index in [1.165, 1.54) is 12.1 Å². The standard InChI is InChI=1S/C13H16N2O5/c1-3-8-20-14-13(16)19-9-10(2)11-6-4-5-7-12(11)15(17)18/h3-7,10H,1,8-9H2,2H3,(H,14,16). The molecule has 0 aliphatic heterocycles.